The molecule has 1 N–H and O–H groups in total. The smallest absolute Gasteiger partial charge is 0.200 e. The first-order valence-electron chi connectivity index (χ1n) is 2.56. The van der Waals surface area contributed by atoms with E-state index in [9.17, 15) is 4.79 Å². The average Bonchev–Trinajstić information content (AvgIpc) is 1.88. The molecular formula is C6H4N2OS. The maximum atomic E-state index is 10.8. The first-order valence-corrected chi connectivity index (χ1v) is 3.00. The Labute approximate surface area is 62.7 Å². The van der Waals surface area contributed by atoms with E-state index in [0.717, 1.165) is 0 Å². The summed E-state index contributed by atoms with van der Waals surface area (Å²) in [5.41, 5.74) is -0.191. The summed E-state index contributed by atoms with van der Waals surface area (Å²) in [6, 6.07) is 3.01. The van der Waals surface area contributed by atoms with Crippen molar-refractivity contribution in [3.05, 3.63) is 28.0 Å². The predicted molar refractivity (Wildman–Crippen MR) is 39.0 cm³/mol. The Morgan fingerprint density at radius 1 is 1.70 bits per heavy atom. The molecule has 0 aliphatic carbocycles. The summed E-state index contributed by atoms with van der Waals surface area (Å²) in [5, 5.41) is 8.78. The minimum atomic E-state index is -0.300. The van der Waals surface area contributed by atoms with Crippen LogP contribution in [0.5, 0.6) is 0 Å². The molecule has 0 saturated heterocycles. The Bertz CT molecular complexity index is 336. The lowest BCUT2D eigenvalue weighted by molar-refractivity contribution is 1.11. The molecule has 1 aromatic rings. The maximum Gasteiger partial charge on any atom is 0.200 e. The Balaban J connectivity index is 3.38. The van der Waals surface area contributed by atoms with Gasteiger partial charge in [0.1, 0.15) is 11.6 Å². The number of nitrogens with zero attached hydrogens (tertiary/aromatic N) is 1. The van der Waals surface area contributed by atoms with Crippen LogP contribution in [0, 0.1) is 11.3 Å². The molecule has 0 bridgehead atoms. The van der Waals surface area contributed by atoms with Gasteiger partial charge in [-0.3, -0.25) is 4.79 Å². The molecule has 3 nitrogen and oxygen atoms in total. The topological polar surface area (TPSA) is 56.6 Å². The Morgan fingerprint density at radius 2 is 2.40 bits per heavy atom. The number of aromatic nitrogens is 1. The first-order chi connectivity index (χ1) is 4.74. The van der Waals surface area contributed by atoms with Crippen molar-refractivity contribution in [2.75, 3.05) is 0 Å². The van der Waals surface area contributed by atoms with Crippen LogP contribution in [-0.2, 0) is 0 Å². The third-order valence-electron chi connectivity index (χ3n) is 1.02. The predicted octanol–water partition coefficient (Wildman–Crippen LogP) is 0.535. The van der Waals surface area contributed by atoms with Crippen LogP contribution in [0.15, 0.2) is 22.1 Å². The number of pyridine rings is 1. The molecule has 4 heteroatoms. The number of aromatic amines is 1. The van der Waals surface area contributed by atoms with Crippen molar-refractivity contribution >= 4 is 12.6 Å². The van der Waals surface area contributed by atoms with Crippen molar-refractivity contribution in [3.63, 3.8) is 0 Å². The largest absolute Gasteiger partial charge is 0.355 e. The van der Waals surface area contributed by atoms with Gasteiger partial charge in [-0.15, -0.1) is 12.6 Å². The molecule has 0 aliphatic rings. The Morgan fingerprint density at radius 3 is 2.90 bits per heavy atom. The van der Waals surface area contributed by atoms with E-state index in [1.165, 1.54) is 12.3 Å². The van der Waals surface area contributed by atoms with Crippen LogP contribution in [0.25, 0.3) is 0 Å². The van der Waals surface area contributed by atoms with Crippen LogP contribution >= 0.6 is 12.6 Å². The zero-order chi connectivity index (χ0) is 7.56. The second-order valence-corrected chi connectivity index (χ2v) is 2.19. The summed E-state index contributed by atoms with van der Waals surface area (Å²) < 4.78 is 0. The first kappa shape index (κ1) is 6.90. The summed E-state index contributed by atoms with van der Waals surface area (Å²) in [6.07, 6.45) is 1.34. The minimum Gasteiger partial charge on any atom is -0.355 e. The van der Waals surface area contributed by atoms with Gasteiger partial charge in [0.25, 0.3) is 0 Å². The molecule has 0 fully saturated rings. The van der Waals surface area contributed by atoms with E-state index >= 15 is 0 Å². The van der Waals surface area contributed by atoms with Gasteiger partial charge in [-0.05, 0) is 0 Å². The fourth-order valence-corrected chi connectivity index (χ4v) is 0.730. The molecule has 10 heavy (non-hydrogen) atoms. The summed E-state index contributed by atoms with van der Waals surface area (Å²) >= 11 is 3.88. The van der Waals surface area contributed by atoms with E-state index in [1.807, 2.05) is 0 Å². The molecule has 0 aliphatic heterocycles. The molecule has 50 valence electrons. The molecule has 0 amide bonds. The molecule has 1 heterocycles. The van der Waals surface area contributed by atoms with Gasteiger partial charge in [0.2, 0.25) is 0 Å². The number of rotatable bonds is 0. The van der Waals surface area contributed by atoms with Gasteiger partial charge in [-0.25, -0.2) is 0 Å². The van der Waals surface area contributed by atoms with Crippen LogP contribution in [0.1, 0.15) is 5.56 Å². The number of hydrogen-bond acceptors (Lipinski definition) is 3. The average molecular weight is 152 g/mol. The summed E-state index contributed by atoms with van der Waals surface area (Å²) in [4.78, 5) is 13.4. The van der Waals surface area contributed by atoms with Crippen LogP contribution < -0.4 is 5.43 Å². The van der Waals surface area contributed by atoms with Crippen LogP contribution in [0.4, 0.5) is 0 Å². The van der Waals surface area contributed by atoms with Gasteiger partial charge in [0, 0.05) is 12.3 Å². The van der Waals surface area contributed by atoms with Crippen molar-refractivity contribution in [1.82, 2.24) is 4.98 Å². The number of thiol groups is 1. The van der Waals surface area contributed by atoms with E-state index in [-0.39, 0.29) is 11.0 Å². The van der Waals surface area contributed by atoms with E-state index in [2.05, 4.69) is 17.6 Å². The lowest BCUT2D eigenvalue weighted by atomic mass is 10.3. The highest BCUT2D eigenvalue weighted by molar-refractivity contribution is 7.80. The summed E-state index contributed by atoms with van der Waals surface area (Å²) in [7, 11) is 0. The van der Waals surface area contributed by atoms with Gasteiger partial charge in [0.15, 0.2) is 5.43 Å². The van der Waals surface area contributed by atoms with E-state index in [0.29, 0.717) is 5.03 Å². The van der Waals surface area contributed by atoms with E-state index in [4.69, 9.17) is 5.26 Å². The zero-order valence-electron chi connectivity index (χ0n) is 4.96. The van der Waals surface area contributed by atoms with Gasteiger partial charge < -0.3 is 4.98 Å². The number of hydrogen-bond donors (Lipinski definition) is 2. The highest BCUT2D eigenvalue weighted by atomic mass is 32.1. The maximum absolute atomic E-state index is 10.8. The number of H-pyrrole nitrogens is 1. The molecule has 0 unspecified atom stereocenters. The van der Waals surface area contributed by atoms with Crippen molar-refractivity contribution < 1.29 is 0 Å². The lowest BCUT2D eigenvalue weighted by Gasteiger charge is -1.88. The molecule has 0 radical (unpaired) electrons. The summed E-state index contributed by atoms with van der Waals surface area (Å²) in [6.45, 7) is 0. The van der Waals surface area contributed by atoms with Gasteiger partial charge >= 0.3 is 0 Å². The van der Waals surface area contributed by atoms with Gasteiger partial charge in [0.05, 0.1) is 5.03 Å². The zero-order valence-corrected chi connectivity index (χ0v) is 5.85. The molecule has 0 atom stereocenters. The summed E-state index contributed by atoms with van der Waals surface area (Å²) in [5.74, 6) is 0. The Hall–Kier alpha value is -1.21. The van der Waals surface area contributed by atoms with Crippen molar-refractivity contribution in [2.24, 2.45) is 0 Å². The van der Waals surface area contributed by atoms with Gasteiger partial charge in [-0.2, -0.15) is 5.26 Å². The van der Waals surface area contributed by atoms with E-state index < -0.39 is 0 Å². The monoisotopic (exact) mass is 152 g/mol. The van der Waals surface area contributed by atoms with Crippen LogP contribution in [0.3, 0.4) is 0 Å². The van der Waals surface area contributed by atoms with Gasteiger partial charge in [-0.1, -0.05) is 0 Å². The van der Waals surface area contributed by atoms with Crippen molar-refractivity contribution in [1.29, 1.82) is 5.26 Å². The van der Waals surface area contributed by atoms with Crippen molar-refractivity contribution in [2.45, 2.75) is 5.03 Å². The second-order valence-electron chi connectivity index (χ2n) is 1.71. The Kier molecular flexibility index (Phi) is 1.78. The quantitative estimate of drug-likeness (QED) is 0.533. The molecule has 0 spiro atoms. The lowest BCUT2D eigenvalue weighted by Crippen LogP contribution is -2.04. The normalized spacial score (nSPS) is 8.80. The third kappa shape index (κ3) is 1.20. The van der Waals surface area contributed by atoms with E-state index in [1.54, 1.807) is 6.07 Å². The number of nitriles is 1. The highest BCUT2D eigenvalue weighted by Crippen LogP contribution is 1.95. The molecule has 1 rings (SSSR count). The fraction of sp³-hybridized carbons (Fsp3) is 0. The van der Waals surface area contributed by atoms with Crippen LogP contribution in [0.2, 0.25) is 0 Å². The molecule has 1 aromatic heterocycles. The molecule has 0 aromatic carbocycles. The SMILES string of the molecule is N#Cc1c[nH]c(S)cc1=O. The highest BCUT2D eigenvalue weighted by Gasteiger charge is 1.95. The number of nitrogens with one attached hydrogen (secondary N) is 1. The van der Waals surface area contributed by atoms with Crippen LogP contribution in [-0.4, -0.2) is 4.98 Å². The standard InChI is InChI=1S/C6H4N2OS/c7-2-4-3-8-6(10)1-5(4)9/h1,3H,(H2,8,9,10). The third-order valence-corrected chi connectivity index (χ3v) is 1.28. The molecule has 0 saturated carbocycles. The minimum absolute atomic E-state index is 0.109. The fourth-order valence-electron chi connectivity index (χ4n) is 0.548. The van der Waals surface area contributed by atoms with Crippen molar-refractivity contribution in [3.8, 4) is 6.07 Å². The second kappa shape index (κ2) is 2.58. The molecular weight excluding hydrogens is 148 g/mol.